The quantitative estimate of drug-likeness (QED) is 0.192. The van der Waals surface area contributed by atoms with Gasteiger partial charge in [0.25, 0.3) is 5.91 Å². The second-order valence-corrected chi connectivity index (χ2v) is 13.3. The van der Waals surface area contributed by atoms with Crippen LogP contribution >= 0.6 is 11.3 Å². The van der Waals surface area contributed by atoms with Crippen molar-refractivity contribution in [3.05, 3.63) is 111 Å². The van der Waals surface area contributed by atoms with Crippen molar-refractivity contribution in [1.82, 2.24) is 9.62 Å². The van der Waals surface area contributed by atoms with Gasteiger partial charge in [-0.2, -0.15) is 4.31 Å². The highest BCUT2D eigenvalue weighted by Gasteiger charge is 2.39. The van der Waals surface area contributed by atoms with Crippen molar-refractivity contribution >= 4 is 39.0 Å². The fraction of sp³-hybridized carbons (Fsp3) is 0.312. The van der Waals surface area contributed by atoms with Gasteiger partial charge in [0.05, 0.1) is 42.2 Å². The monoisotopic (exact) mass is 657 g/mol. The molecule has 0 radical (unpaired) electrons. The minimum atomic E-state index is -4.12. The maximum absolute atomic E-state index is 13.9. The molecule has 1 fully saturated rings. The van der Waals surface area contributed by atoms with Gasteiger partial charge in [-0.25, -0.2) is 17.6 Å². The maximum Gasteiger partial charge on any atom is 0.415 e. The van der Waals surface area contributed by atoms with E-state index in [-0.39, 0.29) is 36.6 Å². The van der Waals surface area contributed by atoms with Crippen molar-refractivity contribution in [2.24, 2.45) is 0 Å². The number of aliphatic hydroxyl groups is 1. The molecule has 2 N–H and O–H groups in total. The number of cyclic esters (lactones) is 1. The number of anilines is 1. The van der Waals surface area contributed by atoms with Gasteiger partial charge in [0, 0.05) is 18.0 Å². The van der Waals surface area contributed by atoms with Crippen LogP contribution in [0.15, 0.2) is 94.9 Å². The zero-order valence-electron chi connectivity index (χ0n) is 25.1. The largest absolute Gasteiger partial charge is 0.501 e. The maximum atomic E-state index is 13.9. The van der Waals surface area contributed by atoms with E-state index in [0.717, 1.165) is 21.4 Å². The summed E-state index contributed by atoms with van der Waals surface area (Å²) in [6, 6.07) is 17.1. The number of ether oxygens (including phenoxy) is 2. The number of hydrogen-bond donors (Lipinski definition) is 2. The number of nitrogens with one attached hydrogen (secondary N) is 1. The number of hydrogen-bond acceptors (Lipinski definition) is 8. The van der Waals surface area contributed by atoms with Crippen molar-refractivity contribution in [2.75, 3.05) is 25.1 Å². The first-order valence-electron chi connectivity index (χ1n) is 14.2. The van der Waals surface area contributed by atoms with Crippen molar-refractivity contribution in [1.29, 1.82) is 0 Å². The number of carbonyl (C=O) groups excluding carboxylic acids is 2. The second kappa shape index (κ2) is 15.3. The molecule has 2 aromatic carbocycles. The summed E-state index contributed by atoms with van der Waals surface area (Å²) in [4.78, 5) is 27.9. The summed E-state index contributed by atoms with van der Waals surface area (Å²) >= 11 is 1.38. The first-order valence-corrected chi connectivity index (χ1v) is 16.5. The fourth-order valence-corrected chi connectivity index (χ4v) is 7.13. The molecule has 2 heterocycles. The van der Waals surface area contributed by atoms with E-state index in [9.17, 15) is 27.5 Å². The van der Waals surface area contributed by atoms with E-state index in [0.29, 0.717) is 5.76 Å². The summed E-state index contributed by atoms with van der Waals surface area (Å²) < 4.78 is 53.2. The highest BCUT2D eigenvalue weighted by atomic mass is 32.2. The van der Waals surface area contributed by atoms with Crippen molar-refractivity contribution in [3.8, 4) is 0 Å². The van der Waals surface area contributed by atoms with Crippen molar-refractivity contribution < 1.29 is 37.0 Å². The van der Waals surface area contributed by atoms with Crippen LogP contribution in [0.1, 0.15) is 24.3 Å². The standard InChI is InChI=1S/C32H36FN3O7S2/c1-4-27(16-22(2)42-3)45(40,41)35(19-26-14-9-15-44-26)20-29(37)28(17-23-10-6-5-7-11-23)34-31(38)30-21-36(32(39)43-30)25-13-8-12-24(33)18-25/h4-16,18,28-30,37H,17,19-21H2,1-3H3,(H,34,38)/b22-16+,27-4+/t28-,29+,30-/m0/s1. The molecule has 2 amide bonds. The molecule has 0 saturated carbocycles. The third kappa shape index (κ3) is 8.78. The minimum absolute atomic E-state index is 0.00967. The zero-order chi connectivity index (χ0) is 32.6. The number of amides is 2. The van der Waals surface area contributed by atoms with Gasteiger partial charge in [0.2, 0.25) is 10.0 Å². The molecule has 1 aliphatic heterocycles. The highest BCUT2D eigenvalue weighted by molar-refractivity contribution is 7.93. The second-order valence-electron chi connectivity index (χ2n) is 10.4. The number of rotatable bonds is 14. The van der Waals surface area contributed by atoms with Gasteiger partial charge in [-0.15, -0.1) is 11.3 Å². The molecule has 3 aromatic rings. The third-order valence-electron chi connectivity index (χ3n) is 7.21. The molecular formula is C32H36FN3O7S2. The van der Waals surface area contributed by atoms with E-state index in [1.165, 1.54) is 53.1 Å². The highest BCUT2D eigenvalue weighted by Crippen LogP contribution is 2.25. The van der Waals surface area contributed by atoms with Crippen LogP contribution in [0, 0.1) is 5.82 Å². The Morgan fingerprint density at radius 3 is 2.62 bits per heavy atom. The Kier molecular flexibility index (Phi) is 11.5. The molecule has 1 saturated heterocycles. The van der Waals surface area contributed by atoms with Gasteiger partial charge >= 0.3 is 6.09 Å². The lowest BCUT2D eigenvalue weighted by atomic mass is 10.0. The van der Waals surface area contributed by atoms with Crippen LogP contribution in [0.25, 0.3) is 0 Å². The molecule has 13 heteroatoms. The zero-order valence-corrected chi connectivity index (χ0v) is 26.8. The summed E-state index contributed by atoms with van der Waals surface area (Å²) in [5.74, 6) is -0.839. The normalized spacial score (nSPS) is 17.2. The topological polar surface area (TPSA) is 125 Å². The van der Waals surface area contributed by atoms with Crippen LogP contribution in [0.2, 0.25) is 0 Å². The number of sulfonamides is 1. The van der Waals surface area contributed by atoms with E-state index in [2.05, 4.69) is 5.32 Å². The molecule has 1 aliphatic rings. The number of benzene rings is 2. The Hall–Kier alpha value is -4.04. The molecule has 45 heavy (non-hydrogen) atoms. The molecule has 0 unspecified atom stereocenters. The molecule has 240 valence electrons. The Balaban J connectivity index is 1.59. The lowest BCUT2D eigenvalue weighted by molar-refractivity contribution is -0.129. The predicted octanol–water partition coefficient (Wildman–Crippen LogP) is 4.59. The molecule has 3 atom stereocenters. The summed E-state index contributed by atoms with van der Waals surface area (Å²) in [5.41, 5.74) is 1.02. The predicted molar refractivity (Wildman–Crippen MR) is 170 cm³/mol. The first-order chi connectivity index (χ1) is 21.5. The van der Waals surface area contributed by atoms with Crippen molar-refractivity contribution in [3.63, 3.8) is 0 Å². The summed E-state index contributed by atoms with van der Waals surface area (Å²) in [5, 5.41) is 16.2. The molecule has 0 aliphatic carbocycles. The molecule has 10 nitrogen and oxygen atoms in total. The number of allylic oxidation sites excluding steroid dienone is 3. The molecule has 1 aromatic heterocycles. The number of carbonyl (C=O) groups is 2. The Morgan fingerprint density at radius 1 is 1.22 bits per heavy atom. The van der Waals surface area contributed by atoms with E-state index in [4.69, 9.17) is 9.47 Å². The number of aliphatic hydroxyl groups excluding tert-OH is 1. The number of thiophene rings is 1. The van der Waals surface area contributed by atoms with Crippen molar-refractivity contribution in [2.45, 2.75) is 45.1 Å². The van der Waals surface area contributed by atoms with Gasteiger partial charge in [0.1, 0.15) is 5.82 Å². The van der Waals surface area contributed by atoms with Crippen LogP contribution in [0.4, 0.5) is 14.9 Å². The average Bonchev–Trinajstić information content (AvgIpc) is 3.69. The Bertz CT molecular complexity index is 1630. The fourth-order valence-electron chi connectivity index (χ4n) is 4.76. The van der Waals surface area contributed by atoms with Gasteiger partial charge in [-0.05, 0) is 61.6 Å². The Morgan fingerprint density at radius 2 is 1.98 bits per heavy atom. The summed E-state index contributed by atoms with van der Waals surface area (Å²) in [6.45, 7) is 2.70. The minimum Gasteiger partial charge on any atom is -0.501 e. The van der Waals surface area contributed by atoms with Gasteiger partial charge in [0.15, 0.2) is 6.10 Å². The number of halogens is 1. The van der Waals surface area contributed by atoms with Gasteiger partial charge in [-0.3, -0.25) is 9.69 Å². The van der Waals surface area contributed by atoms with E-state index in [1.54, 1.807) is 26.0 Å². The van der Waals surface area contributed by atoms with Crippen LogP contribution in [0.5, 0.6) is 0 Å². The van der Waals surface area contributed by atoms with E-state index in [1.807, 2.05) is 35.7 Å². The van der Waals surface area contributed by atoms with Gasteiger partial charge < -0.3 is 19.9 Å². The number of nitrogens with zero attached hydrogens (tertiary/aromatic N) is 2. The lowest BCUT2D eigenvalue weighted by Gasteiger charge is -2.30. The third-order valence-corrected chi connectivity index (χ3v) is 9.98. The van der Waals surface area contributed by atoms with E-state index >= 15 is 0 Å². The summed E-state index contributed by atoms with van der Waals surface area (Å²) in [7, 11) is -2.68. The molecule has 4 rings (SSSR count). The van der Waals surface area contributed by atoms with Crippen LogP contribution < -0.4 is 10.2 Å². The molecule has 0 bridgehead atoms. The number of methoxy groups -OCH3 is 1. The van der Waals surface area contributed by atoms with Gasteiger partial charge in [-0.1, -0.05) is 48.5 Å². The average molecular weight is 658 g/mol. The molecule has 0 spiro atoms. The Labute approximate surface area is 266 Å². The SMILES string of the molecule is C/C=C(\C=C(/C)OC)S(=O)(=O)N(Cc1cccs1)C[C@@H](O)[C@H](Cc1ccccc1)NC(=O)[C@@H]1CN(c2cccc(F)c2)C(=O)O1. The first kappa shape index (κ1) is 33.8. The van der Waals surface area contributed by atoms with Crippen LogP contribution in [-0.4, -0.2) is 68.3 Å². The van der Waals surface area contributed by atoms with Crippen LogP contribution in [0.3, 0.4) is 0 Å². The summed E-state index contributed by atoms with van der Waals surface area (Å²) in [6.07, 6.45) is -0.403. The molecular weight excluding hydrogens is 621 g/mol. The lowest BCUT2D eigenvalue weighted by Crippen LogP contribution is -2.53. The van der Waals surface area contributed by atoms with E-state index < -0.39 is 46.1 Å². The smallest absolute Gasteiger partial charge is 0.415 e. The van der Waals surface area contributed by atoms with Crippen LogP contribution in [-0.2, 0) is 37.3 Å².